The Morgan fingerprint density at radius 1 is 0.523 bits per heavy atom. The molecule has 0 saturated carbocycles. The molecule has 0 bridgehead atoms. The number of unbranched alkanes of at least 4 members (excludes halogenated alkanes) is 5. The van der Waals surface area contributed by atoms with E-state index >= 15 is 9.59 Å². The summed E-state index contributed by atoms with van der Waals surface area (Å²) >= 11 is 0. The normalized spacial score (nSPS) is 30.3. The average molecular weight is 1580 g/mol. The van der Waals surface area contributed by atoms with Gasteiger partial charge in [-0.2, -0.15) is 0 Å². The number of amides is 11. The molecule has 5 saturated heterocycles. The van der Waals surface area contributed by atoms with Crippen molar-refractivity contribution in [2.24, 2.45) is 11.8 Å². The molecule has 628 valence electrons. The zero-order valence-corrected chi connectivity index (χ0v) is 63.2. The molecule has 39 heteroatoms. The second-order valence-corrected chi connectivity index (χ2v) is 29.8. The van der Waals surface area contributed by atoms with Crippen LogP contribution in [0.15, 0.2) is 24.3 Å². The number of hydrogen-bond acceptors (Lipinski definition) is 28. The number of phenols is 1. The number of phenolic OH excluding ortho intramolecular Hbond substituents is 1. The summed E-state index contributed by atoms with van der Waals surface area (Å²) in [4.78, 5) is 157. The second-order valence-electron chi connectivity index (χ2n) is 29.8. The lowest BCUT2D eigenvalue weighted by molar-refractivity contribution is -0.196. The van der Waals surface area contributed by atoms with E-state index < -0.39 is 245 Å². The van der Waals surface area contributed by atoms with Gasteiger partial charge in [-0.3, -0.25) is 58.1 Å². The SMILES string of the molecule is CC[C@H](C)C[C@H](C)CCCCCCCCC(=O)N[C@H]1C[C@@H](O)[C@@H](NCCNC(=O)CCCC(=O)N[C@@H]2OC[C@@H](O)[C@H](O)[C@H]2O)NC(=O)C2[C@@H](O)CCN2C(=O)[C@H]([C@H](O)CCNC(=O)CCCC(=O)N[C@@H]2OC[C@@H](O)[C@H](O)[C@H]2O)NC(=O)[C@H]([C@H](O)[C@@H](O)c2ccc(O)cc2)NC(=O)[C@@H]2C[C@@H](O)CN2C(=O)[C@H]([C@@H](C)O)NC1=O. The first kappa shape index (κ1) is 92.4. The van der Waals surface area contributed by atoms with Gasteiger partial charge in [0, 0.05) is 77.7 Å². The third-order valence-electron chi connectivity index (χ3n) is 20.7. The van der Waals surface area contributed by atoms with Gasteiger partial charge in [0.1, 0.15) is 97.0 Å². The van der Waals surface area contributed by atoms with Gasteiger partial charge in [0.05, 0.1) is 43.7 Å². The Morgan fingerprint density at radius 2 is 1.05 bits per heavy atom. The lowest BCUT2D eigenvalue weighted by atomic mass is 9.91. The Bertz CT molecular complexity index is 3200. The zero-order chi connectivity index (χ0) is 81.9. The van der Waals surface area contributed by atoms with Gasteiger partial charge in [0.2, 0.25) is 65.0 Å². The van der Waals surface area contributed by atoms with Crippen molar-refractivity contribution in [3.8, 4) is 5.75 Å². The summed E-state index contributed by atoms with van der Waals surface area (Å²) in [6, 6.07) is -7.92. The van der Waals surface area contributed by atoms with Crippen LogP contribution in [0.4, 0.5) is 0 Å². The molecule has 0 aliphatic carbocycles. The molecule has 39 nitrogen and oxygen atoms in total. The molecule has 5 aliphatic heterocycles. The highest BCUT2D eigenvalue weighted by Gasteiger charge is 2.50. The number of aromatic hydroxyl groups is 1. The van der Waals surface area contributed by atoms with E-state index in [9.17, 15) is 115 Å². The topological polar surface area (TPSA) is 616 Å². The molecule has 24 atom stereocenters. The average Bonchev–Trinajstić information content (AvgIpc) is 1.69. The van der Waals surface area contributed by atoms with Crippen LogP contribution in [-0.2, 0) is 62.2 Å². The molecule has 5 heterocycles. The number of hydrogen-bond donors (Lipinski definition) is 24. The molecule has 24 N–H and O–H groups in total. The Labute approximate surface area is 643 Å². The third-order valence-corrected chi connectivity index (χ3v) is 20.7. The van der Waals surface area contributed by atoms with E-state index in [-0.39, 0.29) is 82.4 Å². The van der Waals surface area contributed by atoms with Crippen molar-refractivity contribution < 1.29 is 134 Å². The van der Waals surface area contributed by atoms with Crippen LogP contribution >= 0.6 is 0 Å². The van der Waals surface area contributed by atoms with Crippen molar-refractivity contribution in [3.05, 3.63) is 29.8 Å². The molecular formula is C72H118N12O27. The molecular weight excluding hydrogens is 1460 g/mol. The fourth-order valence-corrected chi connectivity index (χ4v) is 14.0. The zero-order valence-electron chi connectivity index (χ0n) is 63.2. The van der Waals surface area contributed by atoms with Gasteiger partial charge in [-0.15, -0.1) is 0 Å². The molecule has 6 rings (SSSR count). The highest BCUT2D eigenvalue weighted by atomic mass is 16.5. The number of ether oxygens (including phenoxy) is 2. The highest BCUT2D eigenvalue weighted by Crippen LogP contribution is 2.28. The van der Waals surface area contributed by atoms with E-state index in [0.717, 1.165) is 85.9 Å². The molecule has 1 unspecified atom stereocenters. The standard InChI is InChI=1S/C72H118N12O27/c1-5-36(2)30-37(3)14-10-8-6-7-9-11-15-51(95)76-42-32-46(90)64(75-28-27-74-50(94)17-13-19-53(97)78-70-63(103)60(100)48(92)35-111-70)82-68(107)57-45(89)25-29-83(57)72(109)55(44(88)24-26-73-49(93)16-12-18-52(96)77-69-62(102)59(99)47(91)34-110-69)80-67(106)56(61(101)58(98)39-20-22-40(86)23-21-39)81-66(105)43-31-41(87)33-84(43)71(108)54(38(4)85)79-65(42)104/h20-23,36-38,41-48,54-64,69-70,75,85-92,98-103H,5-19,24-35H2,1-4H3,(H,73,93)(H,74,94)(H,76,95)(H,77,96)(H,78,97)(H,79,104)(H,80,106)(H,81,105)(H,82,107)/t36-,37+,38+,41+,42-,43-,44+,45-,46+,47+,48+,54-,55-,56-,57?,58-,59-,60-,61-,62+,63+,64-,69+,70+/m0/s1. The van der Waals surface area contributed by atoms with Crippen molar-refractivity contribution in [2.45, 2.75) is 290 Å². The minimum absolute atomic E-state index is 0.0541. The van der Waals surface area contributed by atoms with Crippen LogP contribution in [0, 0.1) is 11.8 Å². The number of aliphatic hydroxyl groups is 13. The van der Waals surface area contributed by atoms with Crippen LogP contribution in [0.25, 0.3) is 0 Å². The van der Waals surface area contributed by atoms with Gasteiger partial charge >= 0.3 is 0 Å². The molecule has 5 fully saturated rings. The number of rotatable bonds is 35. The third kappa shape index (κ3) is 28.3. The second kappa shape index (κ2) is 45.4. The van der Waals surface area contributed by atoms with Gasteiger partial charge < -0.3 is 139 Å². The summed E-state index contributed by atoms with van der Waals surface area (Å²) in [6.45, 7) is 4.63. The molecule has 1 aromatic rings. The molecule has 1 aromatic carbocycles. The fraction of sp³-hybridized carbons (Fsp3) is 0.764. The van der Waals surface area contributed by atoms with Crippen molar-refractivity contribution in [2.75, 3.05) is 45.9 Å². The molecule has 0 spiro atoms. The van der Waals surface area contributed by atoms with Crippen molar-refractivity contribution >= 4 is 65.0 Å². The Morgan fingerprint density at radius 3 is 1.63 bits per heavy atom. The van der Waals surface area contributed by atoms with E-state index in [4.69, 9.17) is 9.47 Å². The predicted octanol–water partition coefficient (Wildman–Crippen LogP) is -7.55. The van der Waals surface area contributed by atoms with Gasteiger partial charge in [-0.1, -0.05) is 77.8 Å². The van der Waals surface area contributed by atoms with Crippen LogP contribution in [0.1, 0.15) is 168 Å². The Hall–Kier alpha value is -7.45. The van der Waals surface area contributed by atoms with E-state index in [1.165, 1.54) is 0 Å². The number of nitrogens with one attached hydrogen (secondary N) is 10. The van der Waals surface area contributed by atoms with E-state index in [0.29, 0.717) is 24.7 Å². The molecule has 111 heavy (non-hydrogen) atoms. The lowest BCUT2D eigenvalue weighted by Gasteiger charge is -2.35. The Kier molecular flexibility index (Phi) is 37.8. The van der Waals surface area contributed by atoms with E-state index in [1.54, 1.807) is 0 Å². The maximum Gasteiger partial charge on any atom is 0.248 e. The van der Waals surface area contributed by atoms with Gasteiger partial charge in [-0.25, -0.2) is 0 Å². The summed E-state index contributed by atoms with van der Waals surface area (Å²) in [7, 11) is 0. The molecule has 11 amide bonds. The van der Waals surface area contributed by atoms with Crippen LogP contribution in [-0.4, -0.2) is 320 Å². The lowest BCUT2D eigenvalue weighted by Crippen LogP contribution is -2.65. The van der Waals surface area contributed by atoms with Crippen LogP contribution in [0.3, 0.4) is 0 Å². The van der Waals surface area contributed by atoms with Gasteiger partial charge in [0.15, 0.2) is 12.5 Å². The molecule has 5 aliphatic rings. The monoisotopic (exact) mass is 1580 g/mol. The largest absolute Gasteiger partial charge is 0.508 e. The smallest absolute Gasteiger partial charge is 0.248 e. The highest BCUT2D eigenvalue weighted by molar-refractivity contribution is 5.98. The fourth-order valence-electron chi connectivity index (χ4n) is 14.0. The minimum Gasteiger partial charge on any atom is -0.508 e. The summed E-state index contributed by atoms with van der Waals surface area (Å²) in [6.07, 6.45) is -23.8. The first-order chi connectivity index (χ1) is 52.6. The van der Waals surface area contributed by atoms with Crippen molar-refractivity contribution in [1.29, 1.82) is 0 Å². The van der Waals surface area contributed by atoms with E-state index in [2.05, 4.69) is 73.9 Å². The number of fused-ring (bicyclic) bond motifs is 2. The quantitative estimate of drug-likeness (QED) is 0.0281. The maximum atomic E-state index is 15.3. The van der Waals surface area contributed by atoms with E-state index in [1.807, 2.05) is 0 Å². The van der Waals surface area contributed by atoms with Gasteiger partial charge in [-0.05, 0) is 75.0 Å². The first-order valence-corrected chi connectivity index (χ1v) is 38.4. The van der Waals surface area contributed by atoms with Crippen LogP contribution in [0.2, 0.25) is 0 Å². The number of carbonyl (C=O) groups is 11. The molecule has 0 radical (unpaired) electrons. The summed E-state index contributed by atoms with van der Waals surface area (Å²) < 4.78 is 10.4. The van der Waals surface area contributed by atoms with Gasteiger partial charge in [0.25, 0.3) is 0 Å². The summed E-state index contributed by atoms with van der Waals surface area (Å²) in [5.74, 6) is -10.4. The summed E-state index contributed by atoms with van der Waals surface area (Å²) in [5.41, 5.74) is -0.166. The van der Waals surface area contributed by atoms with Crippen molar-refractivity contribution in [3.63, 3.8) is 0 Å². The number of benzene rings is 1. The minimum atomic E-state index is -2.45. The first-order valence-electron chi connectivity index (χ1n) is 38.4. The maximum absolute atomic E-state index is 15.3. The molecule has 0 aromatic heterocycles. The van der Waals surface area contributed by atoms with Crippen LogP contribution < -0.4 is 53.2 Å². The number of aliphatic hydroxyl groups excluding tert-OH is 13. The van der Waals surface area contributed by atoms with Crippen molar-refractivity contribution in [1.82, 2.24) is 63.0 Å². The number of nitrogens with zero attached hydrogens (tertiary/aromatic N) is 2. The summed E-state index contributed by atoms with van der Waals surface area (Å²) in [5, 5.41) is 177. The van der Waals surface area contributed by atoms with Crippen LogP contribution in [0.5, 0.6) is 5.75 Å². The Balaban J connectivity index is 1.31. The predicted molar refractivity (Wildman–Crippen MR) is 388 cm³/mol. The number of carbonyl (C=O) groups excluding carboxylic acids is 11.